The van der Waals surface area contributed by atoms with Crippen molar-refractivity contribution in [2.24, 2.45) is 5.73 Å². The Morgan fingerprint density at radius 1 is 0.759 bits per heavy atom. The van der Waals surface area contributed by atoms with Gasteiger partial charge in [-0.25, -0.2) is 4.79 Å². The molecule has 29 heavy (non-hydrogen) atoms. The summed E-state index contributed by atoms with van der Waals surface area (Å²) in [5.41, 5.74) is 4.84. The average molecular weight is 420 g/mol. The summed E-state index contributed by atoms with van der Waals surface area (Å²) in [7, 11) is 0. The summed E-state index contributed by atoms with van der Waals surface area (Å²) < 4.78 is 0. The van der Waals surface area contributed by atoms with Gasteiger partial charge in [-0.1, -0.05) is 45.4 Å². The molecule has 11 heteroatoms. The van der Waals surface area contributed by atoms with E-state index in [1.165, 1.54) is 19.3 Å². The van der Waals surface area contributed by atoms with Gasteiger partial charge in [0.2, 0.25) is 5.91 Å². The Morgan fingerprint density at radius 2 is 1.24 bits per heavy atom. The van der Waals surface area contributed by atoms with Crippen LogP contribution in [-0.4, -0.2) is 62.3 Å². The highest BCUT2D eigenvalue weighted by molar-refractivity contribution is 5.86. The minimum Gasteiger partial charge on any atom is -0.481 e. The molecule has 0 aromatic heterocycles. The van der Waals surface area contributed by atoms with E-state index in [9.17, 15) is 24.0 Å². The van der Waals surface area contributed by atoms with E-state index in [0.717, 1.165) is 19.3 Å². The van der Waals surface area contributed by atoms with Crippen LogP contribution in [0.25, 0.3) is 0 Å². The lowest BCUT2D eigenvalue weighted by atomic mass is 10.1. The third-order valence-corrected chi connectivity index (χ3v) is 3.73. The van der Waals surface area contributed by atoms with Crippen molar-refractivity contribution in [1.82, 2.24) is 5.32 Å². The van der Waals surface area contributed by atoms with Gasteiger partial charge in [0.1, 0.15) is 12.1 Å². The number of rotatable bonds is 15. The molecule has 0 unspecified atom stereocenters. The number of carbonyl (C=O) groups is 5. The smallest absolute Gasteiger partial charge is 0.326 e. The van der Waals surface area contributed by atoms with Crippen molar-refractivity contribution in [2.75, 3.05) is 0 Å². The Labute approximate surface area is 169 Å². The summed E-state index contributed by atoms with van der Waals surface area (Å²) in [6, 6.07) is -2.63. The van der Waals surface area contributed by atoms with E-state index in [1.807, 2.05) is 0 Å². The summed E-state index contributed by atoms with van der Waals surface area (Å²) in [6.07, 6.45) is 6.63. The van der Waals surface area contributed by atoms with Gasteiger partial charge in [-0.3, -0.25) is 19.2 Å². The minimum absolute atomic E-state index is 0.247. The molecule has 0 aliphatic rings. The first-order valence-corrected chi connectivity index (χ1v) is 9.45. The number of carbonyl (C=O) groups excluding carboxylic acids is 1. The van der Waals surface area contributed by atoms with E-state index in [2.05, 4.69) is 12.2 Å². The Balaban J connectivity index is 0. The quantitative estimate of drug-likeness (QED) is 0.208. The van der Waals surface area contributed by atoms with E-state index in [0.29, 0.717) is 6.42 Å². The number of unbranched alkanes of at least 4 members (excludes halogenated alkanes) is 6. The summed E-state index contributed by atoms with van der Waals surface area (Å²) in [4.78, 5) is 52.4. The third kappa shape index (κ3) is 19.9. The summed E-state index contributed by atoms with van der Waals surface area (Å²) in [5, 5.41) is 35.6. The highest BCUT2D eigenvalue weighted by atomic mass is 16.4. The van der Waals surface area contributed by atoms with Crippen LogP contribution in [0.1, 0.15) is 71.1 Å². The largest absolute Gasteiger partial charge is 0.481 e. The zero-order valence-electron chi connectivity index (χ0n) is 16.6. The van der Waals surface area contributed by atoms with Gasteiger partial charge in [0.25, 0.3) is 0 Å². The number of carboxylic acid groups (broad SMARTS) is 4. The molecule has 0 radical (unpaired) electrons. The van der Waals surface area contributed by atoms with Crippen LogP contribution in [0, 0.1) is 0 Å². The zero-order chi connectivity index (χ0) is 22.8. The van der Waals surface area contributed by atoms with Crippen LogP contribution in [0.2, 0.25) is 0 Å². The topological polar surface area (TPSA) is 204 Å². The highest BCUT2D eigenvalue weighted by Gasteiger charge is 2.22. The maximum absolute atomic E-state index is 11.5. The van der Waals surface area contributed by atoms with Gasteiger partial charge in [0, 0.05) is 6.42 Å². The molecule has 0 saturated carbocycles. The number of hydrogen-bond donors (Lipinski definition) is 6. The molecule has 0 aromatic rings. The first-order valence-electron chi connectivity index (χ1n) is 9.45. The molecule has 0 saturated heterocycles. The SMILES string of the molecule is CCCCCCCCCC(=O)N[C@@H](CC(=O)O)C(=O)O.N[C@@H](CC(=O)O)C(=O)O. The number of nitrogens with one attached hydrogen (secondary N) is 1. The maximum atomic E-state index is 11.5. The van der Waals surface area contributed by atoms with Gasteiger partial charge >= 0.3 is 23.9 Å². The number of carboxylic acids is 4. The van der Waals surface area contributed by atoms with Gasteiger partial charge in [-0.2, -0.15) is 0 Å². The van der Waals surface area contributed by atoms with Gasteiger partial charge in [-0.05, 0) is 6.42 Å². The second-order valence-corrected chi connectivity index (χ2v) is 6.47. The molecule has 0 aliphatic carbocycles. The standard InChI is InChI=1S/C14H25NO5.C4H7NO4/c1-2-3-4-5-6-7-8-9-12(16)15-11(14(19)20)10-13(17)18;5-2(4(8)9)1-3(6)7/h11H,2-10H2,1H3,(H,15,16)(H,17,18)(H,19,20);2H,1,5H2,(H,6,7)(H,8,9)/t11-;2-/m00/s1. The summed E-state index contributed by atoms with van der Waals surface area (Å²) in [5.74, 6) is -5.46. The van der Waals surface area contributed by atoms with Gasteiger partial charge < -0.3 is 31.5 Å². The molecular formula is C18H32N2O9. The summed E-state index contributed by atoms with van der Waals surface area (Å²) >= 11 is 0. The normalized spacial score (nSPS) is 12.1. The fourth-order valence-corrected chi connectivity index (χ4v) is 2.16. The monoisotopic (exact) mass is 420 g/mol. The molecule has 0 heterocycles. The number of nitrogens with two attached hydrogens (primary N) is 1. The Hall–Kier alpha value is -2.69. The van der Waals surface area contributed by atoms with Crippen molar-refractivity contribution in [3.05, 3.63) is 0 Å². The van der Waals surface area contributed by atoms with Crippen LogP contribution < -0.4 is 11.1 Å². The molecule has 1 amide bonds. The van der Waals surface area contributed by atoms with Crippen LogP contribution in [0.4, 0.5) is 0 Å². The van der Waals surface area contributed by atoms with Crippen molar-refractivity contribution in [2.45, 2.75) is 83.2 Å². The highest BCUT2D eigenvalue weighted by Crippen LogP contribution is 2.08. The molecule has 0 spiro atoms. The number of amides is 1. The second kappa shape index (κ2) is 17.4. The lowest BCUT2D eigenvalue weighted by Crippen LogP contribution is -2.42. The van der Waals surface area contributed by atoms with E-state index in [1.54, 1.807) is 0 Å². The summed E-state index contributed by atoms with van der Waals surface area (Å²) in [6.45, 7) is 2.15. The van der Waals surface area contributed by atoms with Crippen LogP contribution in [0.5, 0.6) is 0 Å². The molecule has 0 bridgehead atoms. The first kappa shape index (κ1) is 28.5. The lowest BCUT2D eigenvalue weighted by molar-refractivity contribution is -0.147. The average Bonchev–Trinajstić information content (AvgIpc) is 2.59. The Bertz CT molecular complexity index is 537. The van der Waals surface area contributed by atoms with Crippen molar-refractivity contribution in [3.63, 3.8) is 0 Å². The van der Waals surface area contributed by atoms with E-state index >= 15 is 0 Å². The van der Waals surface area contributed by atoms with Crippen molar-refractivity contribution < 1.29 is 44.4 Å². The Kier molecular flexibility index (Phi) is 17.1. The van der Waals surface area contributed by atoms with Crippen LogP contribution in [0.3, 0.4) is 0 Å². The van der Waals surface area contributed by atoms with Crippen LogP contribution in [-0.2, 0) is 24.0 Å². The van der Waals surface area contributed by atoms with E-state index in [4.69, 9.17) is 26.2 Å². The van der Waals surface area contributed by atoms with Crippen LogP contribution in [0.15, 0.2) is 0 Å². The number of aliphatic carboxylic acids is 4. The fourth-order valence-electron chi connectivity index (χ4n) is 2.16. The maximum Gasteiger partial charge on any atom is 0.326 e. The molecule has 0 fully saturated rings. The van der Waals surface area contributed by atoms with Crippen molar-refractivity contribution >= 4 is 29.8 Å². The van der Waals surface area contributed by atoms with E-state index < -0.39 is 54.7 Å². The first-order chi connectivity index (χ1) is 13.5. The van der Waals surface area contributed by atoms with Gasteiger partial charge in [0.05, 0.1) is 12.8 Å². The molecular weight excluding hydrogens is 388 g/mol. The predicted molar refractivity (Wildman–Crippen MR) is 102 cm³/mol. The molecule has 11 nitrogen and oxygen atoms in total. The molecule has 0 aliphatic heterocycles. The minimum atomic E-state index is -1.34. The third-order valence-electron chi connectivity index (χ3n) is 3.73. The van der Waals surface area contributed by atoms with Crippen molar-refractivity contribution in [3.8, 4) is 0 Å². The van der Waals surface area contributed by atoms with E-state index in [-0.39, 0.29) is 6.42 Å². The molecule has 0 rings (SSSR count). The number of hydrogen-bond acceptors (Lipinski definition) is 6. The molecule has 0 aromatic carbocycles. The lowest BCUT2D eigenvalue weighted by Gasteiger charge is -2.12. The molecule has 2 atom stereocenters. The van der Waals surface area contributed by atoms with Crippen molar-refractivity contribution in [1.29, 1.82) is 0 Å². The molecule has 168 valence electrons. The van der Waals surface area contributed by atoms with Crippen LogP contribution >= 0.6 is 0 Å². The predicted octanol–water partition coefficient (Wildman–Crippen LogP) is 1.04. The fraction of sp³-hybridized carbons (Fsp3) is 0.722. The van der Waals surface area contributed by atoms with Gasteiger partial charge in [0.15, 0.2) is 0 Å². The Morgan fingerprint density at radius 3 is 1.62 bits per heavy atom. The second-order valence-electron chi connectivity index (χ2n) is 6.47. The van der Waals surface area contributed by atoms with Gasteiger partial charge in [-0.15, -0.1) is 0 Å². The molecule has 7 N–H and O–H groups in total. The zero-order valence-corrected chi connectivity index (χ0v) is 16.6.